The third-order valence-electron chi connectivity index (χ3n) is 2.02. The largest absolute Gasteiger partial charge is 0.310 e. The molecule has 3 heteroatoms. The zero-order chi connectivity index (χ0) is 7.78. The fourth-order valence-corrected chi connectivity index (χ4v) is 1.32. The van der Waals surface area contributed by atoms with Gasteiger partial charge in [-0.2, -0.15) is 0 Å². The number of alkyl halides is 2. The predicted molar refractivity (Wildman–Crippen MR) is 35.7 cm³/mol. The Kier molecular flexibility index (Phi) is 1.75. The Morgan fingerprint density at radius 2 is 2.20 bits per heavy atom. The molecule has 0 aromatic rings. The minimum absolute atomic E-state index is 0.0338. The lowest BCUT2D eigenvalue weighted by Gasteiger charge is -2.07. The highest BCUT2D eigenvalue weighted by atomic mass is 19.3. The number of rotatable bonds is 1. The van der Waals surface area contributed by atoms with E-state index in [1.807, 2.05) is 0 Å². The van der Waals surface area contributed by atoms with Crippen molar-refractivity contribution in [3.63, 3.8) is 0 Å². The summed E-state index contributed by atoms with van der Waals surface area (Å²) in [5, 5.41) is 7.13. The van der Waals surface area contributed by atoms with E-state index < -0.39 is 5.92 Å². The van der Waals surface area contributed by atoms with E-state index in [1.54, 1.807) is 6.92 Å². The molecule has 0 aliphatic heterocycles. The van der Waals surface area contributed by atoms with Crippen LogP contribution in [0.5, 0.6) is 0 Å². The van der Waals surface area contributed by atoms with Crippen molar-refractivity contribution in [3.05, 3.63) is 0 Å². The van der Waals surface area contributed by atoms with Crippen molar-refractivity contribution in [3.8, 4) is 0 Å². The second-order valence-corrected chi connectivity index (χ2v) is 2.98. The van der Waals surface area contributed by atoms with Crippen LogP contribution in [-0.4, -0.2) is 11.6 Å². The summed E-state index contributed by atoms with van der Waals surface area (Å²) in [4.78, 5) is 0. The van der Waals surface area contributed by atoms with E-state index in [2.05, 4.69) is 0 Å². The molecule has 1 fully saturated rings. The maximum absolute atomic E-state index is 12.5. The highest BCUT2D eigenvalue weighted by Gasteiger charge is 2.39. The van der Waals surface area contributed by atoms with Crippen LogP contribution in [0.4, 0.5) is 8.78 Å². The van der Waals surface area contributed by atoms with Gasteiger partial charge >= 0.3 is 0 Å². The predicted octanol–water partition coefficient (Wildman–Crippen LogP) is 2.46. The molecule has 0 saturated heterocycles. The molecule has 1 atom stereocenters. The number of nitrogens with one attached hydrogen (secondary N) is 1. The van der Waals surface area contributed by atoms with Crippen molar-refractivity contribution in [2.45, 2.75) is 32.1 Å². The molecule has 0 bridgehead atoms. The highest BCUT2D eigenvalue weighted by molar-refractivity contribution is 5.81. The van der Waals surface area contributed by atoms with Crippen LogP contribution >= 0.6 is 0 Å². The summed E-state index contributed by atoms with van der Waals surface area (Å²) in [5.41, 5.74) is 0.400. The summed E-state index contributed by atoms with van der Waals surface area (Å²) in [6.45, 7) is 1.60. The van der Waals surface area contributed by atoms with Crippen LogP contribution in [0.15, 0.2) is 0 Å². The van der Waals surface area contributed by atoms with Gasteiger partial charge in [0.15, 0.2) is 0 Å². The zero-order valence-electron chi connectivity index (χ0n) is 5.95. The quantitative estimate of drug-likeness (QED) is 0.551. The van der Waals surface area contributed by atoms with Crippen LogP contribution < -0.4 is 0 Å². The molecule has 1 unspecified atom stereocenters. The van der Waals surface area contributed by atoms with Crippen LogP contribution in [0.1, 0.15) is 26.2 Å². The second kappa shape index (κ2) is 2.29. The third kappa shape index (κ3) is 1.52. The van der Waals surface area contributed by atoms with Crippen LogP contribution in [0.3, 0.4) is 0 Å². The van der Waals surface area contributed by atoms with E-state index in [9.17, 15) is 8.78 Å². The molecule has 58 valence electrons. The standard InChI is InChI=1S/C7H11F2N/c1-5(10)6-2-3-7(8,9)4-6/h6,10H,2-4H2,1H3. The Hall–Kier alpha value is -0.470. The molecule has 0 aromatic carbocycles. The first kappa shape index (κ1) is 7.63. The summed E-state index contributed by atoms with van der Waals surface area (Å²) in [6, 6.07) is 0. The lowest BCUT2D eigenvalue weighted by atomic mass is 10.0. The van der Waals surface area contributed by atoms with Crippen molar-refractivity contribution in [1.29, 1.82) is 5.41 Å². The van der Waals surface area contributed by atoms with Gasteiger partial charge < -0.3 is 5.41 Å². The van der Waals surface area contributed by atoms with Crippen molar-refractivity contribution in [2.24, 2.45) is 5.92 Å². The molecule has 1 aliphatic carbocycles. The molecule has 1 nitrogen and oxygen atoms in total. The lowest BCUT2D eigenvalue weighted by molar-refractivity contribution is 0.00731. The zero-order valence-corrected chi connectivity index (χ0v) is 5.95. The van der Waals surface area contributed by atoms with Gasteiger partial charge in [0.05, 0.1) is 0 Å². The van der Waals surface area contributed by atoms with Crippen LogP contribution in [-0.2, 0) is 0 Å². The topological polar surface area (TPSA) is 23.9 Å². The van der Waals surface area contributed by atoms with E-state index in [0.29, 0.717) is 12.1 Å². The van der Waals surface area contributed by atoms with Crippen LogP contribution in [0, 0.1) is 11.3 Å². The smallest absolute Gasteiger partial charge is 0.248 e. The van der Waals surface area contributed by atoms with Crippen LogP contribution in [0.2, 0.25) is 0 Å². The normalized spacial score (nSPS) is 30.5. The molecule has 10 heavy (non-hydrogen) atoms. The highest BCUT2D eigenvalue weighted by Crippen LogP contribution is 2.38. The molecular weight excluding hydrogens is 136 g/mol. The van der Waals surface area contributed by atoms with Gasteiger partial charge in [-0.05, 0) is 13.3 Å². The number of hydrogen-bond donors (Lipinski definition) is 1. The van der Waals surface area contributed by atoms with Crippen molar-refractivity contribution < 1.29 is 8.78 Å². The van der Waals surface area contributed by atoms with Gasteiger partial charge in [0.2, 0.25) is 5.92 Å². The molecule has 1 saturated carbocycles. The van der Waals surface area contributed by atoms with Gasteiger partial charge in [0, 0.05) is 24.5 Å². The first-order valence-corrected chi connectivity index (χ1v) is 3.44. The van der Waals surface area contributed by atoms with Gasteiger partial charge in [0.1, 0.15) is 0 Å². The Morgan fingerprint density at radius 1 is 1.60 bits per heavy atom. The van der Waals surface area contributed by atoms with E-state index in [0.717, 1.165) is 0 Å². The van der Waals surface area contributed by atoms with E-state index in [1.165, 1.54) is 0 Å². The first-order valence-electron chi connectivity index (χ1n) is 3.44. The Morgan fingerprint density at radius 3 is 2.40 bits per heavy atom. The molecule has 0 heterocycles. The summed E-state index contributed by atoms with van der Waals surface area (Å²) >= 11 is 0. The maximum atomic E-state index is 12.5. The molecule has 0 spiro atoms. The molecule has 0 aromatic heterocycles. The minimum Gasteiger partial charge on any atom is -0.310 e. The molecule has 0 radical (unpaired) electrons. The van der Waals surface area contributed by atoms with Gasteiger partial charge in [-0.3, -0.25) is 0 Å². The average Bonchev–Trinajstić information content (AvgIpc) is 2.10. The first-order chi connectivity index (χ1) is 4.51. The van der Waals surface area contributed by atoms with Gasteiger partial charge in [-0.15, -0.1) is 0 Å². The number of hydrogen-bond acceptors (Lipinski definition) is 1. The Bertz CT molecular complexity index is 154. The third-order valence-corrected chi connectivity index (χ3v) is 2.02. The number of halogens is 2. The van der Waals surface area contributed by atoms with Gasteiger partial charge in [-0.1, -0.05) is 0 Å². The van der Waals surface area contributed by atoms with Crippen molar-refractivity contribution in [2.75, 3.05) is 0 Å². The van der Waals surface area contributed by atoms with Gasteiger partial charge in [-0.25, -0.2) is 8.78 Å². The van der Waals surface area contributed by atoms with E-state index in [-0.39, 0.29) is 18.8 Å². The summed E-state index contributed by atoms with van der Waals surface area (Å²) in [5.74, 6) is -2.65. The second-order valence-electron chi connectivity index (χ2n) is 2.98. The average molecular weight is 147 g/mol. The fraction of sp³-hybridized carbons (Fsp3) is 0.857. The van der Waals surface area contributed by atoms with Crippen molar-refractivity contribution in [1.82, 2.24) is 0 Å². The SMILES string of the molecule is CC(=N)C1CCC(F)(F)C1. The molecule has 0 amide bonds. The summed E-state index contributed by atoms with van der Waals surface area (Å²) in [7, 11) is 0. The molecular formula is C7H11F2N. The van der Waals surface area contributed by atoms with Crippen LogP contribution in [0.25, 0.3) is 0 Å². The molecule has 1 rings (SSSR count). The molecule has 1 aliphatic rings. The summed E-state index contributed by atoms with van der Waals surface area (Å²) < 4.78 is 24.9. The molecule has 1 N–H and O–H groups in total. The van der Waals surface area contributed by atoms with E-state index in [4.69, 9.17) is 5.41 Å². The Labute approximate surface area is 58.9 Å². The van der Waals surface area contributed by atoms with Gasteiger partial charge in [0.25, 0.3) is 0 Å². The van der Waals surface area contributed by atoms with Crippen molar-refractivity contribution >= 4 is 5.71 Å². The van der Waals surface area contributed by atoms with E-state index >= 15 is 0 Å². The maximum Gasteiger partial charge on any atom is 0.248 e. The fourth-order valence-electron chi connectivity index (χ4n) is 1.32. The minimum atomic E-state index is -2.49. The summed E-state index contributed by atoms with van der Waals surface area (Å²) in [6.07, 6.45) is 0.346. The Balaban J connectivity index is 2.51. The lowest BCUT2D eigenvalue weighted by Crippen LogP contribution is -2.12. The monoisotopic (exact) mass is 147 g/mol.